The van der Waals surface area contributed by atoms with Gasteiger partial charge in [0.15, 0.2) is 0 Å². The number of piperazine rings is 1. The molecule has 6 rings (SSSR count). The highest BCUT2D eigenvalue weighted by molar-refractivity contribution is 6.42. The average Bonchev–Trinajstić information content (AvgIpc) is 3.87. The summed E-state index contributed by atoms with van der Waals surface area (Å²) in [5, 5.41) is 4.51. The molecular weight excluding hydrogens is 609 g/mol. The standard InChI is InChI=1S/C36H39Cl2N3O4/c1-22-6-4-7-26(23(22)2)19-41(28-12-13-28)36(43)34-30(18-27-20-40(24(3)42)21-32(34)39-27)25-10-14-29(15-11-25)44-16-17-45-33-9-5-8-31(37)35(33)38/h4-11,14-15,27-28,32,39H,12-13,16-21H2,1-3H3. The summed E-state index contributed by atoms with van der Waals surface area (Å²) in [6.45, 7) is 8.18. The monoisotopic (exact) mass is 647 g/mol. The summed E-state index contributed by atoms with van der Waals surface area (Å²) < 4.78 is 11.7. The Kier molecular flexibility index (Phi) is 9.41. The number of carbonyl (C=O) groups excluding carboxylic acids is 2. The molecule has 2 aliphatic heterocycles. The maximum atomic E-state index is 14.6. The maximum Gasteiger partial charge on any atom is 0.252 e. The van der Waals surface area contributed by atoms with Gasteiger partial charge in [0, 0.05) is 44.2 Å². The summed E-state index contributed by atoms with van der Waals surface area (Å²) in [6.07, 6.45) is 2.69. The Hall–Kier alpha value is -3.52. The highest BCUT2D eigenvalue weighted by atomic mass is 35.5. The zero-order chi connectivity index (χ0) is 31.7. The topological polar surface area (TPSA) is 71.1 Å². The summed E-state index contributed by atoms with van der Waals surface area (Å²) in [5.74, 6) is 1.33. The molecule has 3 aromatic rings. The third-order valence-electron chi connectivity index (χ3n) is 9.12. The fourth-order valence-corrected chi connectivity index (χ4v) is 6.70. The number of benzene rings is 3. The van der Waals surface area contributed by atoms with Gasteiger partial charge in [0.1, 0.15) is 29.7 Å². The van der Waals surface area contributed by atoms with Gasteiger partial charge in [-0.25, -0.2) is 0 Å². The molecule has 3 aliphatic rings. The van der Waals surface area contributed by atoms with Crippen molar-refractivity contribution in [2.24, 2.45) is 0 Å². The minimum atomic E-state index is -0.227. The Morgan fingerprint density at radius 3 is 2.42 bits per heavy atom. The van der Waals surface area contributed by atoms with Crippen LogP contribution in [0.3, 0.4) is 0 Å². The quantitative estimate of drug-likeness (QED) is 0.251. The molecule has 1 N–H and O–H groups in total. The molecule has 236 valence electrons. The number of rotatable bonds is 10. The van der Waals surface area contributed by atoms with Crippen LogP contribution in [0.25, 0.3) is 5.57 Å². The number of fused-ring (bicyclic) bond motifs is 2. The Morgan fingerprint density at radius 1 is 0.956 bits per heavy atom. The van der Waals surface area contributed by atoms with Gasteiger partial charge in [-0.3, -0.25) is 9.59 Å². The first kappa shape index (κ1) is 31.5. The van der Waals surface area contributed by atoms with Gasteiger partial charge in [-0.1, -0.05) is 59.6 Å². The lowest BCUT2D eigenvalue weighted by Gasteiger charge is -2.44. The van der Waals surface area contributed by atoms with Crippen molar-refractivity contribution < 1.29 is 19.1 Å². The lowest BCUT2D eigenvalue weighted by atomic mass is 9.82. The predicted octanol–water partition coefficient (Wildman–Crippen LogP) is 6.61. The van der Waals surface area contributed by atoms with Crippen LogP contribution < -0.4 is 14.8 Å². The fourth-order valence-electron chi connectivity index (χ4n) is 6.36. The van der Waals surface area contributed by atoms with Gasteiger partial charge < -0.3 is 24.6 Å². The number of hydrogen-bond donors (Lipinski definition) is 1. The molecule has 1 aliphatic carbocycles. The van der Waals surface area contributed by atoms with Crippen molar-refractivity contribution in [2.45, 2.75) is 64.7 Å². The van der Waals surface area contributed by atoms with Crippen molar-refractivity contribution in [3.63, 3.8) is 0 Å². The summed E-state index contributed by atoms with van der Waals surface area (Å²) in [5.41, 5.74) is 6.45. The predicted molar refractivity (Wildman–Crippen MR) is 178 cm³/mol. The molecule has 2 atom stereocenters. The summed E-state index contributed by atoms with van der Waals surface area (Å²) in [6, 6.07) is 19.6. The van der Waals surface area contributed by atoms with Crippen LogP contribution in [-0.4, -0.2) is 66.0 Å². The van der Waals surface area contributed by atoms with Gasteiger partial charge in [-0.15, -0.1) is 0 Å². The molecule has 0 spiro atoms. The lowest BCUT2D eigenvalue weighted by molar-refractivity contribution is -0.132. The Labute approximate surface area is 275 Å². The van der Waals surface area contributed by atoms with Crippen molar-refractivity contribution in [1.82, 2.24) is 15.1 Å². The molecule has 9 heteroatoms. The molecule has 2 unspecified atom stereocenters. The molecule has 2 heterocycles. The number of ether oxygens (including phenoxy) is 2. The highest BCUT2D eigenvalue weighted by Gasteiger charge is 2.43. The van der Waals surface area contributed by atoms with Crippen LogP contribution in [0.1, 0.15) is 48.4 Å². The highest BCUT2D eigenvalue weighted by Crippen LogP contribution is 2.38. The zero-order valence-electron chi connectivity index (χ0n) is 25.9. The van der Waals surface area contributed by atoms with E-state index >= 15 is 0 Å². The third kappa shape index (κ3) is 7.01. The third-order valence-corrected chi connectivity index (χ3v) is 9.92. The molecule has 0 radical (unpaired) electrons. The van der Waals surface area contributed by atoms with Gasteiger partial charge in [-0.2, -0.15) is 0 Å². The minimum Gasteiger partial charge on any atom is -0.490 e. The van der Waals surface area contributed by atoms with Gasteiger partial charge in [0.25, 0.3) is 5.91 Å². The molecule has 2 bridgehead atoms. The van der Waals surface area contributed by atoms with E-state index in [0.29, 0.717) is 60.8 Å². The molecule has 1 saturated heterocycles. The van der Waals surface area contributed by atoms with Crippen molar-refractivity contribution in [3.05, 3.63) is 98.5 Å². The van der Waals surface area contributed by atoms with Crippen LogP contribution in [-0.2, 0) is 16.1 Å². The van der Waals surface area contributed by atoms with E-state index in [1.165, 1.54) is 16.7 Å². The van der Waals surface area contributed by atoms with Crippen LogP contribution in [0.4, 0.5) is 0 Å². The number of aryl methyl sites for hydroxylation is 1. The lowest BCUT2D eigenvalue weighted by Crippen LogP contribution is -2.61. The van der Waals surface area contributed by atoms with Gasteiger partial charge in [-0.05, 0) is 85.2 Å². The summed E-state index contributed by atoms with van der Waals surface area (Å²) >= 11 is 12.3. The Balaban J connectivity index is 1.24. The number of amides is 2. The van der Waals surface area contributed by atoms with Crippen LogP contribution in [0.15, 0.2) is 66.2 Å². The van der Waals surface area contributed by atoms with Crippen molar-refractivity contribution in [1.29, 1.82) is 0 Å². The van der Waals surface area contributed by atoms with E-state index in [0.717, 1.165) is 29.6 Å². The van der Waals surface area contributed by atoms with Crippen LogP contribution >= 0.6 is 23.2 Å². The summed E-state index contributed by atoms with van der Waals surface area (Å²) in [7, 11) is 0. The largest absolute Gasteiger partial charge is 0.490 e. The van der Waals surface area contributed by atoms with E-state index < -0.39 is 0 Å². The molecule has 1 saturated carbocycles. The van der Waals surface area contributed by atoms with Gasteiger partial charge in [0.2, 0.25) is 5.91 Å². The van der Waals surface area contributed by atoms with E-state index in [9.17, 15) is 9.59 Å². The first-order valence-electron chi connectivity index (χ1n) is 15.6. The van der Waals surface area contributed by atoms with Crippen LogP contribution in [0, 0.1) is 13.8 Å². The van der Waals surface area contributed by atoms with Crippen molar-refractivity contribution in [2.75, 3.05) is 26.3 Å². The molecule has 3 aromatic carbocycles. The number of nitrogens with zero attached hydrogens (tertiary/aromatic N) is 2. The van der Waals surface area contributed by atoms with E-state index in [2.05, 4.69) is 42.3 Å². The van der Waals surface area contributed by atoms with E-state index in [4.69, 9.17) is 32.7 Å². The van der Waals surface area contributed by atoms with E-state index in [-0.39, 0.29) is 29.9 Å². The minimum absolute atomic E-state index is 0.0410. The van der Waals surface area contributed by atoms with E-state index in [1.54, 1.807) is 25.1 Å². The smallest absolute Gasteiger partial charge is 0.252 e. The van der Waals surface area contributed by atoms with Gasteiger partial charge >= 0.3 is 0 Å². The Morgan fingerprint density at radius 2 is 1.69 bits per heavy atom. The SMILES string of the molecule is CC(=O)N1CC2CC(c3ccc(OCCOc4cccc(Cl)c4Cl)cc3)=C(C(=O)N(Cc3cccc(C)c3C)C3CC3)C(C1)N2. The van der Waals surface area contributed by atoms with Crippen LogP contribution in [0.2, 0.25) is 10.0 Å². The van der Waals surface area contributed by atoms with Crippen LogP contribution in [0.5, 0.6) is 11.5 Å². The second-order valence-electron chi connectivity index (χ2n) is 12.2. The average molecular weight is 649 g/mol. The number of hydrogen-bond acceptors (Lipinski definition) is 5. The molecule has 45 heavy (non-hydrogen) atoms. The maximum absolute atomic E-state index is 14.6. The Bertz CT molecular complexity index is 1620. The second kappa shape index (κ2) is 13.5. The second-order valence-corrected chi connectivity index (χ2v) is 13.0. The normalized spacial score (nSPS) is 19.4. The summed E-state index contributed by atoms with van der Waals surface area (Å²) in [4.78, 5) is 31.0. The number of nitrogens with one attached hydrogen (secondary N) is 1. The molecular formula is C36H39Cl2N3O4. The molecule has 2 fully saturated rings. The molecule has 2 amide bonds. The van der Waals surface area contributed by atoms with Crippen molar-refractivity contribution in [3.8, 4) is 11.5 Å². The zero-order valence-corrected chi connectivity index (χ0v) is 27.5. The first-order chi connectivity index (χ1) is 21.7. The number of carbonyl (C=O) groups is 2. The first-order valence-corrected chi connectivity index (χ1v) is 16.4. The molecule has 0 aromatic heterocycles. The number of halogens is 2. The fraction of sp³-hybridized carbons (Fsp3) is 0.389. The van der Waals surface area contributed by atoms with E-state index in [1.807, 2.05) is 29.2 Å². The molecule has 7 nitrogen and oxygen atoms in total. The van der Waals surface area contributed by atoms with Crippen molar-refractivity contribution >= 4 is 40.6 Å². The van der Waals surface area contributed by atoms with Gasteiger partial charge in [0.05, 0.1) is 11.1 Å².